The molecule has 0 heterocycles. The lowest BCUT2D eigenvalue weighted by molar-refractivity contribution is 0.174. The highest BCUT2D eigenvalue weighted by molar-refractivity contribution is 5.89. The Morgan fingerprint density at radius 2 is 1.87 bits per heavy atom. The number of anilines is 1. The number of urea groups is 1. The molecule has 2 amide bonds. The van der Waals surface area contributed by atoms with E-state index >= 15 is 0 Å². The van der Waals surface area contributed by atoms with Crippen LogP contribution in [0.1, 0.15) is 17.2 Å². The topological polar surface area (TPSA) is 85.2 Å². The molecule has 2 aromatic carbocycles. The summed E-state index contributed by atoms with van der Waals surface area (Å²) in [7, 11) is 0. The Morgan fingerprint density at radius 3 is 2.48 bits per heavy atom. The van der Waals surface area contributed by atoms with Gasteiger partial charge in [0, 0.05) is 12.2 Å². The SMILES string of the molecule is N#Cc1ccc(NC(=O)NC[C@@H](O)c2ccc(F)c(F)c2)cc1. The third-order valence-electron chi connectivity index (χ3n) is 3.06. The summed E-state index contributed by atoms with van der Waals surface area (Å²) in [4.78, 5) is 11.7. The van der Waals surface area contributed by atoms with Gasteiger partial charge < -0.3 is 15.7 Å². The van der Waals surface area contributed by atoms with Crippen molar-refractivity contribution in [2.45, 2.75) is 6.10 Å². The second kappa shape index (κ2) is 7.33. The smallest absolute Gasteiger partial charge is 0.319 e. The second-order valence-electron chi connectivity index (χ2n) is 4.71. The number of amides is 2. The Bertz CT molecular complexity index is 742. The lowest BCUT2D eigenvalue weighted by Gasteiger charge is -2.13. The van der Waals surface area contributed by atoms with Gasteiger partial charge in [-0.1, -0.05) is 6.07 Å². The van der Waals surface area contributed by atoms with Crippen LogP contribution >= 0.6 is 0 Å². The first-order chi connectivity index (χ1) is 11.0. The number of benzene rings is 2. The highest BCUT2D eigenvalue weighted by Crippen LogP contribution is 2.15. The lowest BCUT2D eigenvalue weighted by atomic mass is 10.1. The molecule has 0 radical (unpaired) electrons. The predicted molar refractivity (Wildman–Crippen MR) is 79.5 cm³/mol. The molecule has 0 spiro atoms. The third kappa shape index (κ3) is 4.49. The van der Waals surface area contributed by atoms with Gasteiger partial charge in [0.05, 0.1) is 17.7 Å². The quantitative estimate of drug-likeness (QED) is 0.810. The summed E-state index contributed by atoms with van der Waals surface area (Å²) in [5.74, 6) is -2.07. The number of nitrogens with one attached hydrogen (secondary N) is 2. The van der Waals surface area contributed by atoms with E-state index < -0.39 is 23.8 Å². The molecule has 2 aromatic rings. The molecule has 1 atom stereocenters. The molecule has 0 saturated heterocycles. The van der Waals surface area contributed by atoms with Crippen molar-refractivity contribution >= 4 is 11.7 Å². The van der Waals surface area contributed by atoms with Crippen molar-refractivity contribution in [2.24, 2.45) is 0 Å². The Morgan fingerprint density at radius 1 is 1.17 bits per heavy atom. The maximum atomic E-state index is 13.1. The normalized spacial score (nSPS) is 11.4. The van der Waals surface area contributed by atoms with Crippen LogP contribution in [0.5, 0.6) is 0 Å². The molecule has 0 aliphatic carbocycles. The van der Waals surface area contributed by atoms with Crippen LogP contribution in [0, 0.1) is 23.0 Å². The first-order valence-electron chi connectivity index (χ1n) is 6.67. The molecule has 7 heteroatoms. The Hall–Kier alpha value is -2.98. The van der Waals surface area contributed by atoms with Gasteiger partial charge >= 0.3 is 6.03 Å². The summed E-state index contributed by atoms with van der Waals surface area (Å²) in [6.07, 6.45) is -1.17. The molecule has 5 nitrogen and oxygen atoms in total. The van der Waals surface area contributed by atoms with E-state index in [0.29, 0.717) is 11.3 Å². The van der Waals surface area contributed by atoms with E-state index in [-0.39, 0.29) is 12.1 Å². The van der Waals surface area contributed by atoms with E-state index in [4.69, 9.17) is 5.26 Å². The molecule has 2 rings (SSSR count). The van der Waals surface area contributed by atoms with Crippen LogP contribution in [0.15, 0.2) is 42.5 Å². The van der Waals surface area contributed by atoms with Crippen molar-refractivity contribution in [3.05, 3.63) is 65.2 Å². The van der Waals surface area contributed by atoms with Gasteiger partial charge in [-0.05, 0) is 42.0 Å². The van der Waals surface area contributed by atoms with Gasteiger partial charge in [-0.25, -0.2) is 13.6 Å². The number of hydrogen-bond donors (Lipinski definition) is 3. The number of aliphatic hydroxyl groups is 1. The minimum absolute atomic E-state index is 0.155. The fourth-order valence-corrected chi connectivity index (χ4v) is 1.83. The van der Waals surface area contributed by atoms with E-state index in [0.717, 1.165) is 12.1 Å². The van der Waals surface area contributed by atoms with Gasteiger partial charge in [0.15, 0.2) is 11.6 Å². The van der Waals surface area contributed by atoms with Gasteiger partial charge in [0.1, 0.15) is 0 Å². The predicted octanol–water partition coefficient (Wildman–Crippen LogP) is 2.69. The van der Waals surface area contributed by atoms with Crippen LogP contribution in [0.25, 0.3) is 0 Å². The summed E-state index contributed by atoms with van der Waals surface area (Å²) < 4.78 is 25.9. The van der Waals surface area contributed by atoms with Crippen molar-refractivity contribution in [1.82, 2.24) is 5.32 Å². The second-order valence-corrected chi connectivity index (χ2v) is 4.71. The fraction of sp³-hybridized carbons (Fsp3) is 0.125. The molecule has 0 unspecified atom stereocenters. The number of nitriles is 1. The van der Waals surface area contributed by atoms with Crippen LogP contribution < -0.4 is 10.6 Å². The molecule has 0 bridgehead atoms. The first-order valence-corrected chi connectivity index (χ1v) is 6.67. The minimum Gasteiger partial charge on any atom is -0.387 e. The van der Waals surface area contributed by atoms with Crippen LogP contribution in [-0.2, 0) is 0 Å². The summed E-state index contributed by atoms with van der Waals surface area (Å²) in [5, 5.41) is 23.5. The minimum atomic E-state index is -1.17. The van der Waals surface area contributed by atoms with Crippen molar-refractivity contribution in [1.29, 1.82) is 5.26 Å². The molecule has 118 valence electrons. The van der Waals surface area contributed by atoms with Crippen molar-refractivity contribution in [2.75, 3.05) is 11.9 Å². The van der Waals surface area contributed by atoms with Gasteiger partial charge in [0.25, 0.3) is 0 Å². The number of carbonyl (C=O) groups excluding carboxylic acids is 1. The van der Waals surface area contributed by atoms with Crippen molar-refractivity contribution in [3.8, 4) is 6.07 Å². The van der Waals surface area contributed by atoms with Crippen LogP contribution in [0.3, 0.4) is 0 Å². The Labute approximate surface area is 131 Å². The molecule has 3 N–H and O–H groups in total. The molecule has 0 aliphatic heterocycles. The van der Waals surface area contributed by atoms with Gasteiger partial charge in [0.2, 0.25) is 0 Å². The lowest BCUT2D eigenvalue weighted by Crippen LogP contribution is -2.32. The highest BCUT2D eigenvalue weighted by Gasteiger charge is 2.12. The summed E-state index contributed by atoms with van der Waals surface area (Å²) in [6.45, 7) is -0.173. The number of aliphatic hydroxyl groups excluding tert-OH is 1. The van der Waals surface area contributed by atoms with E-state index in [1.54, 1.807) is 24.3 Å². The maximum Gasteiger partial charge on any atom is 0.319 e. The number of nitrogens with zero attached hydrogens (tertiary/aromatic N) is 1. The maximum absolute atomic E-state index is 13.1. The molecular formula is C16H13F2N3O2. The van der Waals surface area contributed by atoms with E-state index in [9.17, 15) is 18.7 Å². The van der Waals surface area contributed by atoms with Crippen LogP contribution in [-0.4, -0.2) is 17.7 Å². The van der Waals surface area contributed by atoms with Gasteiger partial charge in [-0.15, -0.1) is 0 Å². The van der Waals surface area contributed by atoms with Gasteiger partial charge in [-0.3, -0.25) is 0 Å². The van der Waals surface area contributed by atoms with E-state index in [1.165, 1.54) is 6.07 Å². The average Bonchev–Trinajstić information content (AvgIpc) is 2.56. The number of hydrogen-bond acceptors (Lipinski definition) is 3. The first kappa shape index (κ1) is 16.4. The van der Waals surface area contributed by atoms with E-state index in [2.05, 4.69) is 10.6 Å². The largest absolute Gasteiger partial charge is 0.387 e. The zero-order chi connectivity index (χ0) is 16.8. The molecular weight excluding hydrogens is 304 g/mol. The van der Waals surface area contributed by atoms with Crippen LogP contribution in [0.2, 0.25) is 0 Å². The molecule has 23 heavy (non-hydrogen) atoms. The van der Waals surface area contributed by atoms with Crippen molar-refractivity contribution < 1.29 is 18.7 Å². The Kier molecular flexibility index (Phi) is 5.23. The standard InChI is InChI=1S/C16H13F2N3O2/c17-13-6-3-11(7-14(13)18)15(22)9-20-16(23)21-12-4-1-10(8-19)2-5-12/h1-7,15,22H,9H2,(H2,20,21,23)/t15-/m1/s1. The number of halogens is 2. The zero-order valence-corrected chi connectivity index (χ0v) is 11.9. The summed E-state index contributed by atoms with van der Waals surface area (Å²) in [5.41, 5.74) is 1.09. The zero-order valence-electron chi connectivity index (χ0n) is 11.9. The summed E-state index contributed by atoms with van der Waals surface area (Å²) >= 11 is 0. The van der Waals surface area contributed by atoms with E-state index in [1.807, 2.05) is 6.07 Å². The number of carbonyl (C=O) groups is 1. The molecule has 0 saturated carbocycles. The van der Waals surface area contributed by atoms with Crippen molar-refractivity contribution in [3.63, 3.8) is 0 Å². The fourth-order valence-electron chi connectivity index (χ4n) is 1.83. The molecule has 0 fully saturated rings. The molecule has 0 aliphatic rings. The average molecular weight is 317 g/mol. The number of rotatable bonds is 4. The third-order valence-corrected chi connectivity index (χ3v) is 3.06. The Balaban J connectivity index is 1.87. The molecule has 0 aromatic heterocycles. The monoisotopic (exact) mass is 317 g/mol. The van der Waals surface area contributed by atoms with Crippen LogP contribution in [0.4, 0.5) is 19.3 Å². The van der Waals surface area contributed by atoms with Gasteiger partial charge in [-0.2, -0.15) is 5.26 Å². The summed E-state index contributed by atoms with van der Waals surface area (Å²) in [6, 6.07) is 10.6. The highest BCUT2D eigenvalue weighted by atomic mass is 19.2.